The largest absolute Gasteiger partial charge is 0.384 e. The van der Waals surface area contributed by atoms with Gasteiger partial charge in [0.1, 0.15) is 22.0 Å². The number of benzene rings is 5. The van der Waals surface area contributed by atoms with Gasteiger partial charge in [-0.05, 0) is 107 Å². The number of hydrogen-bond donors (Lipinski definition) is 2. The average molecular weight is 681 g/mol. The van der Waals surface area contributed by atoms with Crippen molar-refractivity contribution in [3.63, 3.8) is 0 Å². The van der Waals surface area contributed by atoms with Gasteiger partial charge in [0, 0.05) is 16.7 Å². The maximum absolute atomic E-state index is 8.15. The fourth-order valence-electron chi connectivity index (χ4n) is 9.30. The van der Waals surface area contributed by atoms with E-state index in [0.717, 1.165) is 38.2 Å². The Morgan fingerprint density at radius 1 is 0.490 bits per heavy atom. The van der Waals surface area contributed by atoms with Crippen LogP contribution in [-0.2, 0) is 0 Å². The van der Waals surface area contributed by atoms with Crippen LogP contribution in [0, 0.1) is 28.3 Å². The molecule has 254 valence electrons. The van der Waals surface area contributed by atoms with Gasteiger partial charge in [-0.15, -0.1) is 11.1 Å². The minimum Gasteiger partial charge on any atom is -0.384 e. The lowest BCUT2D eigenvalue weighted by Gasteiger charge is -2.38. The standard InChI is InChI=1S/C45H56N2Si2/c1-28(2)48(29(3)4,30(5)6)21-19-39-41-24-34-15-13-14-16-35(34)25-42(41)40(20-22-49(31(7)8,32(9)10)33(11)12)44-27-38-23-37(45(46)47)18-17-36(38)26-43(39)44/h13-18,23-33H,1-12H3,(H3,46,47). The van der Waals surface area contributed by atoms with Crippen LogP contribution < -0.4 is 5.73 Å². The van der Waals surface area contributed by atoms with Crippen molar-refractivity contribution in [3.05, 3.63) is 83.4 Å². The summed E-state index contributed by atoms with van der Waals surface area (Å²) in [5.41, 5.74) is 20.3. The van der Waals surface area contributed by atoms with E-state index < -0.39 is 16.1 Å². The van der Waals surface area contributed by atoms with Crippen LogP contribution in [0.25, 0.3) is 43.1 Å². The summed E-state index contributed by atoms with van der Waals surface area (Å²) in [5, 5.41) is 17.4. The molecule has 0 heterocycles. The predicted octanol–water partition coefficient (Wildman–Crippen LogP) is 12.7. The first kappa shape index (κ1) is 36.4. The number of nitrogens with one attached hydrogen (secondary N) is 1. The zero-order valence-corrected chi connectivity index (χ0v) is 33.9. The van der Waals surface area contributed by atoms with Crippen LogP contribution in [0.1, 0.15) is 99.8 Å². The topological polar surface area (TPSA) is 49.9 Å². The highest BCUT2D eigenvalue weighted by molar-refractivity contribution is 6.91. The zero-order chi connectivity index (χ0) is 36.0. The van der Waals surface area contributed by atoms with E-state index in [1.54, 1.807) is 0 Å². The molecule has 49 heavy (non-hydrogen) atoms. The second-order valence-electron chi connectivity index (χ2n) is 16.2. The lowest BCUT2D eigenvalue weighted by atomic mass is 9.88. The second kappa shape index (κ2) is 13.8. The van der Waals surface area contributed by atoms with Crippen molar-refractivity contribution in [1.29, 1.82) is 5.41 Å². The minimum atomic E-state index is -2.04. The maximum atomic E-state index is 8.15. The van der Waals surface area contributed by atoms with E-state index in [-0.39, 0.29) is 5.84 Å². The van der Waals surface area contributed by atoms with Gasteiger partial charge in [0.05, 0.1) is 0 Å². The fraction of sp³-hybridized carbons (Fsp3) is 0.400. The highest BCUT2D eigenvalue weighted by Crippen LogP contribution is 2.44. The van der Waals surface area contributed by atoms with E-state index >= 15 is 0 Å². The minimum absolute atomic E-state index is 0.0810. The van der Waals surface area contributed by atoms with Gasteiger partial charge < -0.3 is 5.73 Å². The summed E-state index contributed by atoms with van der Waals surface area (Å²) in [6, 6.07) is 24.1. The number of fused-ring (bicyclic) bond motifs is 4. The lowest BCUT2D eigenvalue weighted by molar-refractivity contribution is 0.838. The molecular weight excluding hydrogens is 625 g/mol. The third-order valence-electron chi connectivity index (χ3n) is 11.8. The van der Waals surface area contributed by atoms with Gasteiger partial charge in [-0.3, -0.25) is 5.41 Å². The molecule has 0 fully saturated rings. The maximum Gasteiger partial charge on any atom is 0.146 e. The third kappa shape index (κ3) is 6.24. The van der Waals surface area contributed by atoms with Gasteiger partial charge in [-0.1, -0.05) is 131 Å². The number of nitrogens with two attached hydrogens (primary N) is 1. The molecular formula is C45H56N2Si2. The van der Waals surface area contributed by atoms with Gasteiger partial charge in [-0.25, -0.2) is 0 Å². The second-order valence-corrected chi connectivity index (χ2v) is 27.3. The molecule has 3 N–H and O–H groups in total. The smallest absolute Gasteiger partial charge is 0.146 e. The van der Waals surface area contributed by atoms with Gasteiger partial charge in [0.15, 0.2) is 0 Å². The van der Waals surface area contributed by atoms with Crippen molar-refractivity contribution in [1.82, 2.24) is 0 Å². The molecule has 0 amide bonds. The number of nitrogen functional groups attached to an aromatic ring is 1. The Bertz CT molecular complexity index is 2150. The van der Waals surface area contributed by atoms with Crippen molar-refractivity contribution >= 4 is 65.1 Å². The Kier molecular flexibility index (Phi) is 10.3. The first-order chi connectivity index (χ1) is 23.1. The summed E-state index contributed by atoms with van der Waals surface area (Å²) in [6.07, 6.45) is 0. The number of hydrogen-bond acceptors (Lipinski definition) is 1. The monoisotopic (exact) mass is 680 g/mol. The summed E-state index contributed by atoms with van der Waals surface area (Å²) < 4.78 is 0. The molecule has 0 aromatic heterocycles. The van der Waals surface area contributed by atoms with Crippen LogP contribution in [0.2, 0.25) is 33.2 Å². The summed E-state index contributed by atoms with van der Waals surface area (Å²) >= 11 is 0. The van der Waals surface area contributed by atoms with Gasteiger partial charge in [0.25, 0.3) is 0 Å². The molecule has 0 radical (unpaired) electrons. The lowest BCUT2D eigenvalue weighted by Crippen LogP contribution is -2.43. The molecule has 5 rings (SSSR count). The zero-order valence-electron chi connectivity index (χ0n) is 31.9. The molecule has 0 unspecified atom stereocenters. The number of amidine groups is 1. The average Bonchev–Trinajstić information content (AvgIpc) is 3.02. The van der Waals surface area contributed by atoms with Crippen molar-refractivity contribution in [2.24, 2.45) is 5.73 Å². The van der Waals surface area contributed by atoms with Crippen molar-refractivity contribution in [2.75, 3.05) is 0 Å². The van der Waals surface area contributed by atoms with E-state index in [9.17, 15) is 0 Å². The molecule has 4 heteroatoms. The van der Waals surface area contributed by atoms with Crippen LogP contribution in [0.3, 0.4) is 0 Å². The van der Waals surface area contributed by atoms with Crippen LogP contribution in [-0.4, -0.2) is 22.0 Å². The molecule has 2 nitrogen and oxygen atoms in total. The van der Waals surface area contributed by atoms with Crippen LogP contribution in [0.15, 0.2) is 66.7 Å². The molecule has 5 aromatic rings. The molecule has 0 saturated carbocycles. The van der Waals surface area contributed by atoms with Crippen LogP contribution >= 0.6 is 0 Å². The van der Waals surface area contributed by atoms with E-state index in [0.29, 0.717) is 33.2 Å². The molecule has 0 aliphatic heterocycles. The van der Waals surface area contributed by atoms with Crippen LogP contribution in [0.4, 0.5) is 0 Å². The molecule has 0 aliphatic rings. The molecule has 0 bridgehead atoms. The van der Waals surface area contributed by atoms with Gasteiger partial charge >= 0.3 is 0 Å². The van der Waals surface area contributed by atoms with Crippen molar-refractivity contribution < 1.29 is 0 Å². The van der Waals surface area contributed by atoms with Crippen LogP contribution in [0.5, 0.6) is 0 Å². The fourth-order valence-corrected chi connectivity index (χ4v) is 19.7. The molecule has 0 aliphatic carbocycles. The molecule has 0 spiro atoms. The summed E-state index contributed by atoms with van der Waals surface area (Å²) in [5.74, 6) is 7.97. The Hall–Kier alpha value is -3.84. The first-order valence-corrected chi connectivity index (χ1v) is 22.8. The normalized spacial score (nSPS) is 12.6. The van der Waals surface area contributed by atoms with E-state index in [4.69, 9.17) is 11.1 Å². The molecule has 5 aromatic carbocycles. The van der Waals surface area contributed by atoms with E-state index in [2.05, 4.69) is 161 Å². The quantitative estimate of drug-likeness (QED) is 0.0580. The summed E-state index contributed by atoms with van der Waals surface area (Å²) in [6.45, 7) is 28.6. The van der Waals surface area contributed by atoms with E-state index in [1.807, 2.05) is 12.1 Å². The van der Waals surface area contributed by atoms with Crippen molar-refractivity contribution in [2.45, 2.75) is 116 Å². The Morgan fingerprint density at radius 3 is 1.14 bits per heavy atom. The Morgan fingerprint density at radius 2 is 0.816 bits per heavy atom. The summed E-state index contributed by atoms with van der Waals surface area (Å²) in [4.78, 5) is 0. The molecule has 0 atom stereocenters. The third-order valence-corrected chi connectivity index (χ3v) is 24.4. The highest BCUT2D eigenvalue weighted by Gasteiger charge is 2.43. The SMILES string of the molecule is CC(C)[Si](C#Cc1c2cc3ccccc3cc2c(C#C[Si](C(C)C)(C(C)C)C(C)C)c2cc3cc(C(=N)N)ccc3cc12)(C(C)C)C(C)C. The Balaban J connectivity index is 2.05. The predicted molar refractivity (Wildman–Crippen MR) is 223 cm³/mol. The highest BCUT2D eigenvalue weighted by atomic mass is 28.3. The number of rotatable bonds is 7. The summed E-state index contributed by atoms with van der Waals surface area (Å²) in [7, 11) is -4.06. The van der Waals surface area contributed by atoms with Gasteiger partial charge in [0.2, 0.25) is 0 Å². The van der Waals surface area contributed by atoms with E-state index in [1.165, 1.54) is 21.5 Å². The van der Waals surface area contributed by atoms with Gasteiger partial charge in [-0.2, -0.15) is 0 Å². The van der Waals surface area contributed by atoms with Crippen molar-refractivity contribution in [3.8, 4) is 22.9 Å². The first-order valence-electron chi connectivity index (χ1n) is 18.3. The molecule has 0 saturated heterocycles. The Labute approximate surface area is 297 Å².